The van der Waals surface area contributed by atoms with Crippen molar-refractivity contribution in [3.05, 3.63) is 34.5 Å². The van der Waals surface area contributed by atoms with Gasteiger partial charge in [-0.2, -0.15) is 35.1 Å². The Morgan fingerprint density at radius 1 is 1.14 bits per heavy atom. The number of carbonyl (C=O) groups excluding carboxylic acids is 1. The molecular weight excluding hydrogens is 628 g/mol. The highest BCUT2D eigenvalue weighted by atomic mass is 35.5. The zero-order valence-electron chi connectivity index (χ0n) is 22.2. The summed E-state index contributed by atoms with van der Waals surface area (Å²) in [4.78, 5) is 20.8. The quantitative estimate of drug-likeness (QED) is 0.330. The molecule has 2 aromatic heterocycles. The van der Waals surface area contributed by atoms with Crippen LogP contribution in [0.25, 0.3) is 5.82 Å². The van der Waals surface area contributed by atoms with E-state index in [9.17, 15) is 48.3 Å². The highest BCUT2D eigenvalue weighted by molar-refractivity contribution is 7.91. The third-order valence-corrected chi connectivity index (χ3v) is 8.95. The number of aryl methyl sites for hydroxylation is 1. The van der Waals surface area contributed by atoms with Crippen LogP contribution in [0.3, 0.4) is 0 Å². The van der Waals surface area contributed by atoms with E-state index in [1.54, 1.807) is 6.92 Å². The molecule has 0 radical (unpaired) electrons. The summed E-state index contributed by atoms with van der Waals surface area (Å²) >= 11 is 6.37. The molecule has 2 heterocycles. The molecule has 1 aliphatic carbocycles. The van der Waals surface area contributed by atoms with Crippen molar-refractivity contribution in [3.63, 3.8) is 0 Å². The van der Waals surface area contributed by atoms with Crippen LogP contribution in [0, 0.1) is 11.8 Å². The smallest absolute Gasteiger partial charge is 0.400 e. The Balaban J connectivity index is 1.88. The molecule has 0 aliphatic heterocycles. The maximum absolute atomic E-state index is 13.2. The van der Waals surface area contributed by atoms with Crippen molar-refractivity contribution in [3.8, 4) is 11.6 Å². The molecule has 0 spiro atoms. The molecule has 0 unspecified atom stereocenters. The highest BCUT2D eigenvalue weighted by Gasteiger charge is 2.56. The molecular formula is C24H27ClF8N4O4S. The first-order valence-corrected chi connectivity index (χ1v) is 15.0. The SMILES string of the molecule is CCc1nc(C(=O)NC[C@H]2CC[C@@H](S(C)(=O)=O)CC2)c(Cl)n1-c1ncc(CC(C(F)(F)F)C(F)(F)F)cc1OC(F)F. The topological polar surface area (TPSA) is 103 Å². The normalized spacial score (nSPS) is 18.5. The molecule has 1 amide bonds. The van der Waals surface area contributed by atoms with Gasteiger partial charge in [-0.3, -0.25) is 9.36 Å². The molecule has 3 rings (SSSR count). The fourth-order valence-corrected chi connectivity index (χ4v) is 6.15. The number of aromatic nitrogens is 3. The van der Waals surface area contributed by atoms with E-state index in [2.05, 4.69) is 20.0 Å². The predicted octanol–water partition coefficient (Wildman–Crippen LogP) is 5.70. The fourth-order valence-electron chi connectivity index (χ4n) is 4.72. The van der Waals surface area contributed by atoms with Crippen LogP contribution < -0.4 is 10.1 Å². The first kappa shape index (κ1) is 33.8. The van der Waals surface area contributed by atoms with Crippen LogP contribution in [-0.4, -0.2) is 65.9 Å². The third-order valence-electron chi connectivity index (χ3n) is 6.92. The fraction of sp³-hybridized carbons (Fsp3) is 0.625. The van der Waals surface area contributed by atoms with Gasteiger partial charge in [0, 0.05) is 25.4 Å². The zero-order valence-corrected chi connectivity index (χ0v) is 23.8. The van der Waals surface area contributed by atoms with Crippen LogP contribution in [-0.2, 0) is 22.7 Å². The van der Waals surface area contributed by atoms with Gasteiger partial charge < -0.3 is 10.1 Å². The molecule has 0 saturated heterocycles. The van der Waals surface area contributed by atoms with Crippen LogP contribution in [0.2, 0.25) is 5.15 Å². The lowest BCUT2D eigenvalue weighted by molar-refractivity contribution is -0.283. The van der Waals surface area contributed by atoms with E-state index < -0.39 is 74.6 Å². The largest absolute Gasteiger partial charge is 0.431 e. The van der Waals surface area contributed by atoms with Crippen LogP contribution in [0.15, 0.2) is 12.3 Å². The van der Waals surface area contributed by atoms with Crippen molar-refractivity contribution < 1.29 is 53.1 Å². The van der Waals surface area contributed by atoms with Crippen molar-refractivity contribution >= 4 is 27.3 Å². The summed E-state index contributed by atoms with van der Waals surface area (Å²) in [7, 11) is -3.17. The molecule has 8 nitrogen and oxygen atoms in total. The van der Waals surface area contributed by atoms with Crippen molar-refractivity contribution in [1.82, 2.24) is 19.9 Å². The van der Waals surface area contributed by atoms with E-state index >= 15 is 0 Å². The first-order chi connectivity index (χ1) is 19.3. The average Bonchev–Trinajstić information content (AvgIpc) is 3.20. The highest BCUT2D eigenvalue weighted by Crippen LogP contribution is 2.42. The number of alkyl halides is 8. The Morgan fingerprint density at radius 3 is 2.24 bits per heavy atom. The van der Waals surface area contributed by atoms with Gasteiger partial charge in [0.05, 0.1) is 5.25 Å². The van der Waals surface area contributed by atoms with Gasteiger partial charge in [0.2, 0.25) is 0 Å². The Bertz CT molecular complexity index is 1360. The molecule has 0 aromatic carbocycles. The van der Waals surface area contributed by atoms with Crippen molar-refractivity contribution in [2.45, 2.75) is 69.7 Å². The molecule has 2 aromatic rings. The number of nitrogens with zero attached hydrogens (tertiary/aromatic N) is 3. The summed E-state index contributed by atoms with van der Waals surface area (Å²) in [6.45, 7) is -1.79. The number of carbonyl (C=O) groups is 1. The van der Waals surface area contributed by atoms with Gasteiger partial charge in [-0.1, -0.05) is 18.5 Å². The minimum atomic E-state index is -5.67. The minimum Gasteiger partial charge on any atom is -0.431 e. The van der Waals surface area contributed by atoms with Crippen LogP contribution in [0.1, 0.15) is 54.5 Å². The van der Waals surface area contributed by atoms with E-state index in [0.717, 1.165) is 4.57 Å². The summed E-state index contributed by atoms with van der Waals surface area (Å²) in [5.41, 5.74) is -1.02. The number of ether oxygens (including phenoxy) is 1. The number of nitrogens with one attached hydrogen (secondary N) is 1. The maximum Gasteiger partial charge on any atom is 0.400 e. The lowest BCUT2D eigenvalue weighted by atomic mass is 9.89. The van der Waals surface area contributed by atoms with E-state index in [-0.39, 0.29) is 30.4 Å². The second-order valence-corrected chi connectivity index (χ2v) is 12.6. The van der Waals surface area contributed by atoms with Crippen LogP contribution in [0.4, 0.5) is 35.1 Å². The first-order valence-electron chi connectivity index (χ1n) is 12.6. The Morgan fingerprint density at radius 2 is 1.74 bits per heavy atom. The van der Waals surface area contributed by atoms with Gasteiger partial charge in [0.15, 0.2) is 23.2 Å². The number of halogens is 9. The number of sulfone groups is 1. The number of rotatable bonds is 10. The predicted molar refractivity (Wildman–Crippen MR) is 135 cm³/mol. The second-order valence-electron chi connectivity index (χ2n) is 9.92. The van der Waals surface area contributed by atoms with Crippen LogP contribution in [0.5, 0.6) is 5.75 Å². The number of hydrogen-bond donors (Lipinski definition) is 1. The zero-order chi connectivity index (χ0) is 31.6. The van der Waals surface area contributed by atoms with Crippen LogP contribution >= 0.6 is 11.6 Å². The standard InChI is InChI=1S/C24H27ClF8N4O4S/c1-3-17-36-18(21(38)35-10-12-4-6-14(7-5-12)42(2,39)40)19(25)37(17)20-15(41-22(26)27)8-13(11-34-20)9-16(23(28,29)30)24(31,32)33/h8,11-12,14,16,22H,3-7,9-10H2,1-2H3,(H,35,38)/t12-,14+. The van der Waals surface area contributed by atoms with E-state index in [0.29, 0.717) is 37.9 Å². The number of imidazole rings is 1. The molecule has 1 N–H and O–H groups in total. The van der Waals surface area contributed by atoms with Gasteiger partial charge in [0.25, 0.3) is 5.91 Å². The van der Waals surface area contributed by atoms with E-state index in [1.165, 1.54) is 6.26 Å². The molecule has 42 heavy (non-hydrogen) atoms. The summed E-state index contributed by atoms with van der Waals surface area (Å²) in [6.07, 6.45) is -9.12. The number of hydrogen-bond acceptors (Lipinski definition) is 6. The number of amides is 1. The summed E-state index contributed by atoms with van der Waals surface area (Å²) in [5, 5.41) is 1.80. The van der Waals surface area contributed by atoms with Crippen molar-refractivity contribution in [1.29, 1.82) is 0 Å². The summed E-state index contributed by atoms with van der Waals surface area (Å²) in [5.74, 6) is -5.93. The molecule has 18 heteroatoms. The van der Waals surface area contributed by atoms with E-state index in [1.807, 2.05) is 0 Å². The Labute approximate surface area is 240 Å². The molecule has 1 fully saturated rings. The van der Waals surface area contributed by atoms with Gasteiger partial charge in [-0.05, 0) is 49.7 Å². The average molecular weight is 655 g/mol. The monoisotopic (exact) mass is 654 g/mol. The molecule has 0 atom stereocenters. The summed E-state index contributed by atoms with van der Waals surface area (Å²) in [6, 6.07) is 0.571. The molecule has 236 valence electrons. The van der Waals surface area contributed by atoms with Gasteiger partial charge in [-0.15, -0.1) is 0 Å². The second kappa shape index (κ2) is 12.9. The Hall–Kier alpha value is -2.69. The van der Waals surface area contributed by atoms with E-state index in [4.69, 9.17) is 11.6 Å². The minimum absolute atomic E-state index is 0.0154. The van der Waals surface area contributed by atoms with Crippen molar-refractivity contribution in [2.24, 2.45) is 11.8 Å². The van der Waals surface area contributed by atoms with Gasteiger partial charge >= 0.3 is 19.0 Å². The van der Waals surface area contributed by atoms with Crippen molar-refractivity contribution in [2.75, 3.05) is 12.8 Å². The molecule has 1 aliphatic rings. The summed E-state index contributed by atoms with van der Waals surface area (Å²) < 4.78 is 134. The molecule has 1 saturated carbocycles. The molecule has 0 bridgehead atoms. The third kappa shape index (κ3) is 8.23. The lowest BCUT2D eigenvalue weighted by Crippen LogP contribution is -2.38. The maximum atomic E-state index is 13.2. The Kier molecular flexibility index (Phi) is 10.4. The van der Waals surface area contributed by atoms with Gasteiger partial charge in [0.1, 0.15) is 20.8 Å². The number of pyridine rings is 1. The van der Waals surface area contributed by atoms with Gasteiger partial charge in [-0.25, -0.2) is 18.4 Å². The lowest BCUT2D eigenvalue weighted by Gasteiger charge is -2.27.